The summed E-state index contributed by atoms with van der Waals surface area (Å²) in [5, 5.41) is 4.17. The Balaban J connectivity index is 2.16. The summed E-state index contributed by atoms with van der Waals surface area (Å²) < 4.78 is 27.1. The van der Waals surface area contributed by atoms with Crippen LogP contribution in [0.2, 0.25) is 0 Å². The molecule has 2 aromatic rings. The average molecular weight is 325 g/mol. The van der Waals surface area contributed by atoms with Gasteiger partial charge in [-0.3, -0.25) is 0 Å². The topological polar surface area (TPSA) is 71.1 Å². The van der Waals surface area contributed by atoms with E-state index in [1.807, 2.05) is 19.9 Å². The van der Waals surface area contributed by atoms with Gasteiger partial charge in [-0.15, -0.1) is 11.3 Å². The number of rotatable bonds is 7. The predicted molar refractivity (Wildman–Crippen MR) is 86.1 cm³/mol. The fourth-order valence-electron chi connectivity index (χ4n) is 1.83. The van der Waals surface area contributed by atoms with Crippen molar-refractivity contribution < 1.29 is 8.42 Å². The van der Waals surface area contributed by atoms with Crippen LogP contribution in [0.1, 0.15) is 23.2 Å². The minimum absolute atomic E-state index is 0.277. The van der Waals surface area contributed by atoms with Crippen molar-refractivity contribution in [3.63, 3.8) is 0 Å². The molecule has 0 saturated carbocycles. The monoisotopic (exact) mass is 325 g/mol. The summed E-state index contributed by atoms with van der Waals surface area (Å²) in [6.45, 7) is 4.87. The second kappa shape index (κ2) is 7.02. The summed E-state index contributed by atoms with van der Waals surface area (Å²) in [6.07, 6.45) is 2.56. The summed E-state index contributed by atoms with van der Waals surface area (Å²) in [5.41, 5.74) is 0.604. The number of anilines is 1. The van der Waals surface area contributed by atoms with Crippen molar-refractivity contribution in [2.24, 2.45) is 0 Å². The molecule has 0 fully saturated rings. The third-order valence-electron chi connectivity index (χ3n) is 2.84. The number of benzene rings is 1. The first kappa shape index (κ1) is 15.9. The molecule has 0 amide bonds. The lowest BCUT2D eigenvalue weighted by Crippen LogP contribution is -2.25. The highest BCUT2D eigenvalue weighted by atomic mass is 32.2. The average Bonchev–Trinajstić information content (AvgIpc) is 2.89. The molecule has 0 saturated heterocycles. The molecule has 1 aromatic heterocycles. The molecule has 0 radical (unpaired) electrons. The van der Waals surface area contributed by atoms with E-state index in [0.717, 1.165) is 16.3 Å². The van der Waals surface area contributed by atoms with Crippen LogP contribution in [-0.2, 0) is 16.6 Å². The smallest absolute Gasteiger partial charge is 0.242 e. The number of para-hydroxylation sites is 1. The van der Waals surface area contributed by atoms with Crippen LogP contribution in [0.15, 0.2) is 35.4 Å². The van der Waals surface area contributed by atoms with Gasteiger partial charge in [-0.05, 0) is 25.5 Å². The molecule has 1 heterocycles. The van der Waals surface area contributed by atoms with Gasteiger partial charge in [0.15, 0.2) is 0 Å². The van der Waals surface area contributed by atoms with E-state index in [1.54, 1.807) is 35.7 Å². The summed E-state index contributed by atoms with van der Waals surface area (Å²) in [6, 6.07) is 6.92. The van der Waals surface area contributed by atoms with Gasteiger partial charge in [-0.1, -0.05) is 19.1 Å². The number of nitrogens with one attached hydrogen (secondary N) is 2. The first-order valence-corrected chi connectivity index (χ1v) is 9.07. The minimum atomic E-state index is -3.48. The Hall–Kier alpha value is -1.44. The van der Waals surface area contributed by atoms with Gasteiger partial charge in [0.05, 0.1) is 17.2 Å². The molecule has 21 heavy (non-hydrogen) atoms. The molecule has 1 aromatic carbocycles. The molecule has 5 nitrogen and oxygen atoms in total. The molecule has 0 aliphatic rings. The molecule has 2 N–H and O–H groups in total. The third-order valence-corrected chi connectivity index (χ3v) is 5.27. The van der Waals surface area contributed by atoms with Gasteiger partial charge >= 0.3 is 0 Å². The molecular formula is C14H19N3O2S2. The van der Waals surface area contributed by atoms with Gasteiger partial charge < -0.3 is 5.32 Å². The maximum Gasteiger partial charge on any atom is 0.242 e. The molecular weight excluding hydrogens is 306 g/mol. The van der Waals surface area contributed by atoms with Crippen molar-refractivity contribution in [3.05, 3.63) is 40.3 Å². The van der Waals surface area contributed by atoms with Crippen molar-refractivity contribution in [2.45, 2.75) is 31.7 Å². The molecule has 0 aliphatic heterocycles. The van der Waals surface area contributed by atoms with Gasteiger partial charge in [-0.25, -0.2) is 18.1 Å². The number of hydrogen-bond acceptors (Lipinski definition) is 5. The van der Waals surface area contributed by atoms with E-state index in [4.69, 9.17) is 0 Å². The number of aromatic nitrogens is 1. The van der Waals surface area contributed by atoms with E-state index in [2.05, 4.69) is 15.0 Å². The second-order valence-corrected chi connectivity index (χ2v) is 7.65. The van der Waals surface area contributed by atoms with Crippen molar-refractivity contribution in [2.75, 3.05) is 11.9 Å². The quantitative estimate of drug-likeness (QED) is 0.821. The highest BCUT2D eigenvalue weighted by Crippen LogP contribution is 2.22. The number of sulfonamides is 1. The van der Waals surface area contributed by atoms with Crippen molar-refractivity contribution in [1.29, 1.82) is 0 Å². The summed E-state index contributed by atoms with van der Waals surface area (Å²) in [4.78, 5) is 5.54. The lowest BCUT2D eigenvalue weighted by atomic mass is 10.3. The molecule has 0 bridgehead atoms. The predicted octanol–water partition coefficient (Wildman–Crippen LogP) is 2.75. The van der Waals surface area contributed by atoms with E-state index >= 15 is 0 Å². The van der Waals surface area contributed by atoms with E-state index in [-0.39, 0.29) is 4.90 Å². The number of nitrogens with zero attached hydrogens (tertiary/aromatic N) is 1. The van der Waals surface area contributed by atoms with Gasteiger partial charge in [0.2, 0.25) is 10.0 Å². The Bertz CT molecular complexity index is 696. The Kier molecular flexibility index (Phi) is 5.33. The second-order valence-electron chi connectivity index (χ2n) is 4.59. The van der Waals surface area contributed by atoms with Gasteiger partial charge in [0.25, 0.3) is 0 Å². The largest absolute Gasteiger partial charge is 0.379 e. The zero-order chi connectivity index (χ0) is 15.3. The van der Waals surface area contributed by atoms with E-state index in [1.165, 1.54) is 0 Å². The normalized spacial score (nSPS) is 11.5. The molecule has 0 unspecified atom stereocenters. The van der Waals surface area contributed by atoms with Crippen LogP contribution in [0.4, 0.5) is 5.69 Å². The maximum absolute atomic E-state index is 12.3. The lowest BCUT2D eigenvalue weighted by Gasteiger charge is -2.12. The summed E-state index contributed by atoms with van der Waals surface area (Å²) >= 11 is 1.60. The van der Waals surface area contributed by atoms with Crippen molar-refractivity contribution in [3.8, 4) is 0 Å². The standard InChI is InChI=1S/C14H19N3O2S2/c1-3-8-17-21(18,19)14-7-5-4-6-13(14)16-10-12-9-15-11(2)20-12/h4-7,9,16-17H,3,8,10H2,1-2H3. The number of aryl methyl sites for hydroxylation is 1. The first-order valence-electron chi connectivity index (χ1n) is 6.77. The zero-order valence-electron chi connectivity index (χ0n) is 12.1. The number of thiazole rings is 1. The highest BCUT2D eigenvalue weighted by molar-refractivity contribution is 7.89. The summed E-state index contributed by atoms with van der Waals surface area (Å²) in [5.74, 6) is 0. The van der Waals surface area contributed by atoms with Crippen LogP contribution in [0.25, 0.3) is 0 Å². The van der Waals surface area contributed by atoms with Crippen molar-refractivity contribution in [1.82, 2.24) is 9.71 Å². The van der Waals surface area contributed by atoms with Crippen LogP contribution in [0.3, 0.4) is 0 Å². The fraction of sp³-hybridized carbons (Fsp3) is 0.357. The van der Waals surface area contributed by atoms with Gasteiger partial charge in [-0.2, -0.15) is 0 Å². The van der Waals surface area contributed by atoms with Crippen LogP contribution in [0.5, 0.6) is 0 Å². The minimum Gasteiger partial charge on any atom is -0.379 e. The first-order chi connectivity index (χ1) is 10.0. The number of hydrogen-bond donors (Lipinski definition) is 2. The summed E-state index contributed by atoms with van der Waals surface area (Å²) in [7, 11) is -3.48. The van der Waals surface area contributed by atoms with E-state index in [0.29, 0.717) is 18.8 Å². The van der Waals surface area contributed by atoms with Gasteiger partial charge in [0.1, 0.15) is 4.90 Å². The van der Waals surface area contributed by atoms with E-state index < -0.39 is 10.0 Å². The third kappa shape index (κ3) is 4.26. The Morgan fingerprint density at radius 1 is 1.29 bits per heavy atom. The Morgan fingerprint density at radius 3 is 2.71 bits per heavy atom. The zero-order valence-corrected chi connectivity index (χ0v) is 13.7. The Labute approximate surface area is 129 Å². The molecule has 7 heteroatoms. The SMILES string of the molecule is CCCNS(=O)(=O)c1ccccc1NCc1cnc(C)s1. The van der Waals surface area contributed by atoms with Crippen LogP contribution < -0.4 is 10.0 Å². The van der Waals surface area contributed by atoms with Crippen LogP contribution in [0, 0.1) is 6.92 Å². The molecule has 0 atom stereocenters. The molecule has 114 valence electrons. The van der Waals surface area contributed by atoms with Gasteiger partial charge in [0, 0.05) is 17.6 Å². The molecule has 2 rings (SSSR count). The molecule has 0 spiro atoms. The van der Waals surface area contributed by atoms with Crippen molar-refractivity contribution >= 4 is 27.0 Å². The Morgan fingerprint density at radius 2 is 2.05 bits per heavy atom. The lowest BCUT2D eigenvalue weighted by molar-refractivity contribution is 0.581. The fourth-order valence-corrected chi connectivity index (χ4v) is 3.88. The highest BCUT2D eigenvalue weighted by Gasteiger charge is 2.17. The van der Waals surface area contributed by atoms with E-state index in [9.17, 15) is 8.42 Å². The van der Waals surface area contributed by atoms with Crippen LogP contribution in [-0.4, -0.2) is 19.9 Å². The maximum atomic E-state index is 12.3. The molecule has 0 aliphatic carbocycles. The van der Waals surface area contributed by atoms with Crippen LogP contribution >= 0.6 is 11.3 Å².